The Labute approximate surface area is 90.1 Å². The number of carbonyl (C=O) groups excluding carboxylic acids is 1. The van der Waals surface area contributed by atoms with Gasteiger partial charge in [0, 0.05) is 19.3 Å². The standard InChI is InChI=1S/C12H16N2O/c15-10-11-6-5-7-13-12(11)14-8-3-1-2-4-9-14/h5-7,10H,1-4,8-9H2. The lowest BCUT2D eigenvalue weighted by Crippen LogP contribution is -2.26. The first kappa shape index (κ1) is 10.1. The van der Waals surface area contributed by atoms with Crippen molar-refractivity contribution in [2.45, 2.75) is 25.7 Å². The Morgan fingerprint density at radius 2 is 1.93 bits per heavy atom. The first-order valence-corrected chi connectivity index (χ1v) is 5.57. The number of carbonyl (C=O) groups is 1. The van der Waals surface area contributed by atoms with Crippen molar-refractivity contribution in [3.63, 3.8) is 0 Å². The maximum absolute atomic E-state index is 10.9. The second-order valence-corrected chi connectivity index (χ2v) is 3.94. The lowest BCUT2D eigenvalue weighted by atomic mass is 10.2. The van der Waals surface area contributed by atoms with Gasteiger partial charge in [-0.05, 0) is 25.0 Å². The summed E-state index contributed by atoms with van der Waals surface area (Å²) in [4.78, 5) is 17.4. The molecule has 0 aliphatic carbocycles. The SMILES string of the molecule is O=Cc1cccnc1N1CCCCCC1. The van der Waals surface area contributed by atoms with E-state index in [1.165, 1.54) is 25.7 Å². The van der Waals surface area contributed by atoms with E-state index in [0.29, 0.717) is 5.56 Å². The molecule has 0 N–H and O–H groups in total. The van der Waals surface area contributed by atoms with Crippen LogP contribution in [0.3, 0.4) is 0 Å². The first-order chi connectivity index (χ1) is 7.42. The Hall–Kier alpha value is -1.38. The Morgan fingerprint density at radius 1 is 1.20 bits per heavy atom. The van der Waals surface area contributed by atoms with Gasteiger partial charge in [-0.2, -0.15) is 0 Å². The van der Waals surface area contributed by atoms with Gasteiger partial charge in [0.25, 0.3) is 0 Å². The summed E-state index contributed by atoms with van der Waals surface area (Å²) in [7, 11) is 0. The van der Waals surface area contributed by atoms with E-state index in [9.17, 15) is 4.79 Å². The number of hydrogen-bond acceptors (Lipinski definition) is 3. The fourth-order valence-corrected chi connectivity index (χ4v) is 2.05. The molecule has 0 radical (unpaired) electrons. The fourth-order valence-electron chi connectivity index (χ4n) is 2.05. The van der Waals surface area contributed by atoms with Gasteiger partial charge in [-0.15, -0.1) is 0 Å². The molecule has 2 rings (SSSR count). The summed E-state index contributed by atoms with van der Waals surface area (Å²) in [6, 6.07) is 3.64. The summed E-state index contributed by atoms with van der Waals surface area (Å²) >= 11 is 0. The molecule has 1 aromatic rings. The van der Waals surface area contributed by atoms with Crippen molar-refractivity contribution in [3.8, 4) is 0 Å². The van der Waals surface area contributed by atoms with Crippen molar-refractivity contribution in [1.82, 2.24) is 4.98 Å². The smallest absolute Gasteiger partial charge is 0.153 e. The predicted octanol–water partition coefficient (Wildman–Crippen LogP) is 2.27. The van der Waals surface area contributed by atoms with Crippen molar-refractivity contribution in [2.75, 3.05) is 18.0 Å². The molecule has 3 heteroatoms. The number of hydrogen-bond donors (Lipinski definition) is 0. The Balaban J connectivity index is 2.22. The van der Waals surface area contributed by atoms with Crippen molar-refractivity contribution >= 4 is 12.1 Å². The van der Waals surface area contributed by atoms with Crippen molar-refractivity contribution < 1.29 is 4.79 Å². The van der Waals surface area contributed by atoms with Crippen LogP contribution in [0.5, 0.6) is 0 Å². The topological polar surface area (TPSA) is 33.2 Å². The number of nitrogens with zero attached hydrogens (tertiary/aromatic N) is 2. The van der Waals surface area contributed by atoms with Crippen LogP contribution in [0.15, 0.2) is 18.3 Å². The second kappa shape index (κ2) is 4.91. The lowest BCUT2D eigenvalue weighted by molar-refractivity contribution is 0.112. The van der Waals surface area contributed by atoms with Crippen LogP contribution in [0.2, 0.25) is 0 Å². The minimum atomic E-state index is 0.708. The minimum absolute atomic E-state index is 0.708. The highest BCUT2D eigenvalue weighted by atomic mass is 16.1. The highest BCUT2D eigenvalue weighted by Gasteiger charge is 2.13. The van der Waals surface area contributed by atoms with Gasteiger partial charge < -0.3 is 4.90 Å². The normalized spacial score (nSPS) is 17.2. The monoisotopic (exact) mass is 204 g/mol. The third-order valence-electron chi connectivity index (χ3n) is 2.85. The molecule has 0 atom stereocenters. The summed E-state index contributed by atoms with van der Waals surface area (Å²) in [6.07, 6.45) is 7.64. The van der Waals surface area contributed by atoms with Crippen LogP contribution in [-0.4, -0.2) is 24.4 Å². The largest absolute Gasteiger partial charge is 0.356 e. The second-order valence-electron chi connectivity index (χ2n) is 3.94. The van der Waals surface area contributed by atoms with Crippen LogP contribution >= 0.6 is 0 Å². The molecule has 15 heavy (non-hydrogen) atoms. The summed E-state index contributed by atoms with van der Waals surface area (Å²) in [5.41, 5.74) is 0.708. The van der Waals surface area contributed by atoms with Gasteiger partial charge in [0.1, 0.15) is 5.82 Å². The molecule has 80 valence electrons. The highest BCUT2D eigenvalue weighted by molar-refractivity contribution is 5.82. The summed E-state index contributed by atoms with van der Waals surface area (Å²) < 4.78 is 0. The molecule has 1 aromatic heterocycles. The molecule has 2 heterocycles. The Bertz CT molecular complexity index is 330. The zero-order valence-corrected chi connectivity index (χ0v) is 8.85. The molecule has 0 bridgehead atoms. The average molecular weight is 204 g/mol. The third-order valence-corrected chi connectivity index (χ3v) is 2.85. The van der Waals surface area contributed by atoms with Gasteiger partial charge in [0.15, 0.2) is 6.29 Å². The molecule has 1 saturated heterocycles. The average Bonchev–Trinajstić information content (AvgIpc) is 2.57. The number of aromatic nitrogens is 1. The van der Waals surface area contributed by atoms with Gasteiger partial charge in [0.05, 0.1) is 5.56 Å². The van der Waals surface area contributed by atoms with Crippen molar-refractivity contribution in [1.29, 1.82) is 0 Å². The van der Waals surface area contributed by atoms with Crippen LogP contribution in [0.1, 0.15) is 36.0 Å². The van der Waals surface area contributed by atoms with Crippen LogP contribution in [0.4, 0.5) is 5.82 Å². The van der Waals surface area contributed by atoms with E-state index < -0.39 is 0 Å². The van der Waals surface area contributed by atoms with Gasteiger partial charge in [-0.1, -0.05) is 12.8 Å². The number of aldehydes is 1. The number of anilines is 1. The zero-order valence-electron chi connectivity index (χ0n) is 8.85. The molecular formula is C12H16N2O. The maximum atomic E-state index is 10.9. The van der Waals surface area contributed by atoms with E-state index in [1.54, 1.807) is 6.20 Å². The molecule has 1 fully saturated rings. The first-order valence-electron chi connectivity index (χ1n) is 5.57. The summed E-state index contributed by atoms with van der Waals surface area (Å²) in [5, 5.41) is 0. The van der Waals surface area contributed by atoms with Crippen molar-refractivity contribution in [3.05, 3.63) is 23.9 Å². The molecule has 1 aliphatic rings. The molecule has 0 aromatic carbocycles. The molecule has 3 nitrogen and oxygen atoms in total. The highest BCUT2D eigenvalue weighted by Crippen LogP contribution is 2.19. The van der Waals surface area contributed by atoms with E-state index in [1.807, 2.05) is 12.1 Å². The van der Waals surface area contributed by atoms with Crippen LogP contribution in [0.25, 0.3) is 0 Å². The van der Waals surface area contributed by atoms with Gasteiger partial charge in [-0.3, -0.25) is 4.79 Å². The Morgan fingerprint density at radius 3 is 2.60 bits per heavy atom. The summed E-state index contributed by atoms with van der Waals surface area (Å²) in [6.45, 7) is 2.05. The lowest BCUT2D eigenvalue weighted by Gasteiger charge is -2.22. The van der Waals surface area contributed by atoms with Gasteiger partial charge in [-0.25, -0.2) is 4.98 Å². The molecule has 0 amide bonds. The number of rotatable bonds is 2. The van der Waals surface area contributed by atoms with E-state index in [0.717, 1.165) is 25.2 Å². The quantitative estimate of drug-likeness (QED) is 0.693. The predicted molar refractivity (Wildman–Crippen MR) is 60.3 cm³/mol. The molecular weight excluding hydrogens is 188 g/mol. The van der Waals surface area contributed by atoms with Gasteiger partial charge >= 0.3 is 0 Å². The minimum Gasteiger partial charge on any atom is -0.356 e. The molecule has 0 saturated carbocycles. The van der Waals surface area contributed by atoms with E-state index >= 15 is 0 Å². The Kier molecular flexibility index (Phi) is 3.33. The fraction of sp³-hybridized carbons (Fsp3) is 0.500. The van der Waals surface area contributed by atoms with Crippen LogP contribution in [-0.2, 0) is 0 Å². The van der Waals surface area contributed by atoms with Crippen LogP contribution in [0, 0.1) is 0 Å². The maximum Gasteiger partial charge on any atom is 0.153 e. The van der Waals surface area contributed by atoms with E-state index in [2.05, 4.69) is 9.88 Å². The molecule has 1 aliphatic heterocycles. The molecule has 0 spiro atoms. The van der Waals surface area contributed by atoms with E-state index in [-0.39, 0.29) is 0 Å². The zero-order chi connectivity index (χ0) is 10.5. The third kappa shape index (κ3) is 2.35. The summed E-state index contributed by atoms with van der Waals surface area (Å²) in [5.74, 6) is 0.856. The van der Waals surface area contributed by atoms with Crippen LogP contribution < -0.4 is 4.90 Å². The number of pyridine rings is 1. The van der Waals surface area contributed by atoms with E-state index in [4.69, 9.17) is 0 Å². The van der Waals surface area contributed by atoms with Crippen molar-refractivity contribution in [2.24, 2.45) is 0 Å². The molecule has 0 unspecified atom stereocenters. The van der Waals surface area contributed by atoms with Gasteiger partial charge in [0.2, 0.25) is 0 Å².